The van der Waals surface area contributed by atoms with Gasteiger partial charge in [0.1, 0.15) is 0 Å². The number of hydrogen-bond donors (Lipinski definition) is 1. The fraction of sp³-hybridized carbons (Fsp3) is 0.375. The van der Waals surface area contributed by atoms with Gasteiger partial charge in [-0.3, -0.25) is 0 Å². The molecule has 0 aliphatic rings. The Hall–Kier alpha value is -0.540. The SMILES string of the molecule is CCCNC(Cc1ccc(Cl)c(Cl)c1)c1cscc1C. The summed E-state index contributed by atoms with van der Waals surface area (Å²) in [6.45, 7) is 5.37. The first-order valence-electron chi connectivity index (χ1n) is 6.81. The molecular weight excluding hydrogens is 309 g/mol. The van der Waals surface area contributed by atoms with Crippen LogP contribution in [0.1, 0.15) is 36.1 Å². The Labute approximate surface area is 134 Å². The zero-order valence-electron chi connectivity index (χ0n) is 11.7. The Bertz CT molecular complexity index is 565. The van der Waals surface area contributed by atoms with Gasteiger partial charge in [0.2, 0.25) is 0 Å². The van der Waals surface area contributed by atoms with E-state index in [0.717, 1.165) is 19.4 Å². The summed E-state index contributed by atoms with van der Waals surface area (Å²) in [5.41, 5.74) is 3.94. The summed E-state index contributed by atoms with van der Waals surface area (Å²) in [5, 5.41) is 9.30. The Morgan fingerprint density at radius 3 is 2.60 bits per heavy atom. The van der Waals surface area contributed by atoms with Crippen molar-refractivity contribution in [2.45, 2.75) is 32.7 Å². The molecule has 4 heteroatoms. The van der Waals surface area contributed by atoms with Gasteiger partial charge in [-0.2, -0.15) is 11.3 Å². The van der Waals surface area contributed by atoms with Crippen LogP contribution in [0.4, 0.5) is 0 Å². The van der Waals surface area contributed by atoms with Gasteiger partial charge in [0.05, 0.1) is 10.0 Å². The molecule has 0 radical (unpaired) electrons. The van der Waals surface area contributed by atoms with Gasteiger partial charge in [-0.1, -0.05) is 36.2 Å². The Kier molecular flexibility index (Phi) is 5.91. The maximum Gasteiger partial charge on any atom is 0.0595 e. The van der Waals surface area contributed by atoms with Gasteiger partial charge < -0.3 is 5.32 Å². The molecule has 1 aromatic heterocycles. The van der Waals surface area contributed by atoms with Crippen LogP contribution in [0.15, 0.2) is 29.0 Å². The largest absolute Gasteiger partial charge is 0.310 e. The predicted octanol–water partition coefficient (Wildman–Crippen LogP) is 5.65. The van der Waals surface area contributed by atoms with E-state index in [0.29, 0.717) is 16.1 Å². The molecule has 0 saturated heterocycles. The predicted molar refractivity (Wildman–Crippen MR) is 90.3 cm³/mol. The summed E-state index contributed by atoms with van der Waals surface area (Å²) < 4.78 is 0. The minimum absolute atomic E-state index is 0.332. The average molecular weight is 328 g/mol. The molecule has 0 bridgehead atoms. The Balaban J connectivity index is 2.19. The van der Waals surface area contributed by atoms with E-state index in [1.54, 1.807) is 11.3 Å². The lowest BCUT2D eigenvalue weighted by atomic mass is 9.98. The summed E-state index contributed by atoms with van der Waals surface area (Å²) in [6, 6.07) is 6.22. The van der Waals surface area contributed by atoms with E-state index < -0.39 is 0 Å². The number of nitrogens with one attached hydrogen (secondary N) is 1. The summed E-state index contributed by atoms with van der Waals surface area (Å²) in [4.78, 5) is 0. The van der Waals surface area contributed by atoms with Crippen LogP contribution in [0.25, 0.3) is 0 Å². The van der Waals surface area contributed by atoms with Crippen molar-refractivity contribution in [1.82, 2.24) is 5.32 Å². The molecule has 108 valence electrons. The van der Waals surface area contributed by atoms with E-state index in [9.17, 15) is 0 Å². The van der Waals surface area contributed by atoms with Crippen molar-refractivity contribution in [3.05, 3.63) is 55.7 Å². The highest BCUT2D eigenvalue weighted by molar-refractivity contribution is 7.08. The maximum absolute atomic E-state index is 6.11. The summed E-state index contributed by atoms with van der Waals surface area (Å²) in [6.07, 6.45) is 2.05. The number of aryl methyl sites for hydroxylation is 1. The normalized spacial score (nSPS) is 12.6. The average Bonchev–Trinajstić information content (AvgIpc) is 2.85. The molecule has 0 aliphatic heterocycles. The van der Waals surface area contributed by atoms with Gasteiger partial charge in [0.15, 0.2) is 0 Å². The maximum atomic E-state index is 6.11. The first-order valence-corrected chi connectivity index (χ1v) is 8.51. The minimum atomic E-state index is 0.332. The second-order valence-electron chi connectivity index (χ2n) is 4.97. The molecule has 1 unspecified atom stereocenters. The third kappa shape index (κ3) is 3.98. The third-order valence-corrected chi connectivity index (χ3v) is 4.95. The highest BCUT2D eigenvalue weighted by atomic mass is 35.5. The van der Waals surface area contributed by atoms with Crippen LogP contribution < -0.4 is 5.32 Å². The highest BCUT2D eigenvalue weighted by Crippen LogP contribution is 2.28. The second-order valence-corrected chi connectivity index (χ2v) is 6.53. The zero-order valence-corrected chi connectivity index (χ0v) is 14.1. The van der Waals surface area contributed by atoms with Crippen LogP contribution in [-0.2, 0) is 6.42 Å². The molecule has 1 N–H and O–H groups in total. The molecule has 2 aromatic rings. The molecule has 0 aliphatic carbocycles. The van der Waals surface area contributed by atoms with Crippen LogP contribution in [-0.4, -0.2) is 6.54 Å². The Morgan fingerprint density at radius 1 is 1.20 bits per heavy atom. The van der Waals surface area contributed by atoms with Crippen molar-refractivity contribution >= 4 is 34.5 Å². The van der Waals surface area contributed by atoms with Crippen molar-refractivity contribution in [1.29, 1.82) is 0 Å². The number of thiophene rings is 1. The number of hydrogen-bond acceptors (Lipinski definition) is 2. The summed E-state index contributed by atoms with van der Waals surface area (Å²) in [5.74, 6) is 0. The fourth-order valence-electron chi connectivity index (χ4n) is 2.24. The van der Waals surface area contributed by atoms with Gasteiger partial charge in [-0.05, 0) is 65.9 Å². The first kappa shape index (κ1) is 15.8. The molecule has 0 spiro atoms. The van der Waals surface area contributed by atoms with Crippen molar-refractivity contribution < 1.29 is 0 Å². The minimum Gasteiger partial charge on any atom is -0.310 e. The molecule has 0 amide bonds. The Morgan fingerprint density at radius 2 is 2.00 bits per heavy atom. The van der Waals surface area contributed by atoms with Crippen molar-refractivity contribution in [3.8, 4) is 0 Å². The molecule has 1 atom stereocenters. The van der Waals surface area contributed by atoms with E-state index in [2.05, 4.69) is 36.0 Å². The monoisotopic (exact) mass is 327 g/mol. The first-order chi connectivity index (χ1) is 9.61. The van der Waals surface area contributed by atoms with E-state index in [4.69, 9.17) is 23.2 Å². The molecule has 0 saturated carbocycles. The van der Waals surface area contributed by atoms with Crippen LogP contribution in [0.3, 0.4) is 0 Å². The smallest absolute Gasteiger partial charge is 0.0595 e. The zero-order chi connectivity index (χ0) is 14.5. The number of benzene rings is 1. The van der Waals surface area contributed by atoms with E-state index in [1.165, 1.54) is 16.7 Å². The summed E-state index contributed by atoms with van der Waals surface area (Å²) >= 11 is 13.8. The molecule has 2 rings (SSSR count). The quantitative estimate of drug-likeness (QED) is 0.723. The molecule has 1 heterocycles. The highest BCUT2D eigenvalue weighted by Gasteiger charge is 2.15. The van der Waals surface area contributed by atoms with Gasteiger partial charge in [-0.15, -0.1) is 0 Å². The van der Waals surface area contributed by atoms with Crippen molar-refractivity contribution in [3.63, 3.8) is 0 Å². The lowest BCUT2D eigenvalue weighted by Crippen LogP contribution is -2.24. The van der Waals surface area contributed by atoms with Crippen molar-refractivity contribution in [2.24, 2.45) is 0 Å². The van der Waals surface area contributed by atoms with Gasteiger partial charge in [0, 0.05) is 6.04 Å². The molecule has 1 aromatic carbocycles. The van der Waals surface area contributed by atoms with Crippen LogP contribution in [0, 0.1) is 6.92 Å². The topological polar surface area (TPSA) is 12.0 Å². The standard InChI is InChI=1S/C16H19Cl2NS/c1-3-6-19-16(13-10-20-9-11(13)2)8-12-4-5-14(17)15(18)7-12/h4-5,7,9-10,16,19H,3,6,8H2,1-2H3. The van der Waals surface area contributed by atoms with E-state index >= 15 is 0 Å². The number of rotatable bonds is 6. The van der Waals surface area contributed by atoms with Crippen molar-refractivity contribution in [2.75, 3.05) is 6.54 Å². The molecule has 0 fully saturated rings. The van der Waals surface area contributed by atoms with Crippen LogP contribution in [0.2, 0.25) is 10.0 Å². The van der Waals surface area contributed by atoms with Gasteiger partial charge in [-0.25, -0.2) is 0 Å². The summed E-state index contributed by atoms with van der Waals surface area (Å²) in [7, 11) is 0. The molecule has 1 nitrogen and oxygen atoms in total. The fourth-order valence-corrected chi connectivity index (χ4v) is 3.47. The lowest BCUT2D eigenvalue weighted by molar-refractivity contribution is 0.528. The van der Waals surface area contributed by atoms with Gasteiger partial charge in [0.25, 0.3) is 0 Å². The van der Waals surface area contributed by atoms with E-state index in [-0.39, 0.29) is 0 Å². The number of halogens is 2. The molecular formula is C16H19Cl2NS. The van der Waals surface area contributed by atoms with E-state index in [1.807, 2.05) is 12.1 Å². The molecule has 20 heavy (non-hydrogen) atoms. The second kappa shape index (κ2) is 7.46. The lowest BCUT2D eigenvalue weighted by Gasteiger charge is -2.19. The van der Waals surface area contributed by atoms with Gasteiger partial charge >= 0.3 is 0 Å². The third-order valence-electron chi connectivity index (χ3n) is 3.34. The van der Waals surface area contributed by atoms with Crippen LogP contribution in [0.5, 0.6) is 0 Å². The van der Waals surface area contributed by atoms with Crippen LogP contribution >= 0.6 is 34.5 Å².